The Hall–Kier alpha value is -9.54. The minimum absolute atomic E-state index is 0.00296. The zero-order valence-corrected chi connectivity index (χ0v) is 34.4. The molecule has 13 heteroatoms. The van der Waals surface area contributed by atoms with Crippen molar-refractivity contribution < 1.29 is 47.8 Å². The van der Waals surface area contributed by atoms with E-state index in [9.17, 15) is 38.4 Å². The second kappa shape index (κ2) is 15.7. The largest absolute Gasteiger partial charge is 0.457 e. The zero-order valence-electron chi connectivity index (χ0n) is 34.4. The van der Waals surface area contributed by atoms with Gasteiger partial charge in [-0.05, 0) is 97.9 Å². The van der Waals surface area contributed by atoms with Gasteiger partial charge < -0.3 is 9.47 Å². The lowest BCUT2D eigenvalue weighted by Crippen LogP contribution is -2.29. The maximum absolute atomic E-state index is 13.9. The van der Waals surface area contributed by atoms with Gasteiger partial charge in [0.2, 0.25) is 0 Å². The Morgan fingerprint density at radius 1 is 0.409 bits per heavy atom. The van der Waals surface area contributed by atoms with Gasteiger partial charge in [-0.25, -0.2) is 14.7 Å². The Kier molecular flexibility index (Phi) is 9.62. The molecule has 7 aromatic rings. The Morgan fingerprint density at radius 3 is 1.18 bits per heavy atom. The first-order valence-corrected chi connectivity index (χ1v) is 20.3. The number of ketones is 2. The van der Waals surface area contributed by atoms with Crippen molar-refractivity contribution in [2.24, 2.45) is 0 Å². The number of hydrogen-bond donors (Lipinski definition) is 0. The fraction of sp³-hybridized carbons (Fsp3) is 0.0189. The molecule has 0 fully saturated rings. The van der Waals surface area contributed by atoms with Gasteiger partial charge in [0.1, 0.15) is 23.0 Å². The van der Waals surface area contributed by atoms with Crippen LogP contribution < -0.4 is 24.2 Å². The van der Waals surface area contributed by atoms with Crippen LogP contribution in [0.5, 0.6) is 23.0 Å². The number of benzene rings is 7. The normalized spacial score (nSPS) is 13.7. The van der Waals surface area contributed by atoms with E-state index in [2.05, 4.69) is 5.92 Å². The molecule has 3 aliphatic heterocycles. The van der Waals surface area contributed by atoms with E-state index in [1.165, 1.54) is 67.6 Å². The van der Waals surface area contributed by atoms with Gasteiger partial charge in [0, 0.05) is 40.5 Å². The van der Waals surface area contributed by atoms with E-state index in [0.29, 0.717) is 34.1 Å². The first kappa shape index (κ1) is 40.5. The molecule has 13 nitrogen and oxygen atoms in total. The molecule has 0 saturated heterocycles. The number of imide groups is 3. The number of anilines is 3. The van der Waals surface area contributed by atoms with Crippen molar-refractivity contribution in [1.82, 2.24) is 0 Å². The van der Waals surface area contributed by atoms with Crippen LogP contribution in [0.4, 0.5) is 17.1 Å². The van der Waals surface area contributed by atoms with Crippen LogP contribution in [0.3, 0.4) is 0 Å². The van der Waals surface area contributed by atoms with Gasteiger partial charge in [0.05, 0.1) is 50.4 Å². The Bertz CT molecular complexity index is 3440. The molecule has 0 saturated carbocycles. The van der Waals surface area contributed by atoms with E-state index < -0.39 is 41.2 Å². The Balaban J connectivity index is 0.834. The van der Waals surface area contributed by atoms with Gasteiger partial charge in [-0.15, -0.1) is 6.42 Å². The maximum atomic E-state index is 13.9. The summed E-state index contributed by atoms with van der Waals surface area (Å²) in [5, 5.41) is 0. The fourth-order valence-electron chi connectivity index (χ4n) is 8.07. The lowest BCUT2D eigenvalue weighted by molar-refractivity contribution is 0.0910. The molecule has 7 aromatic carbocycles. The topological polar surface area (TPSA) is 165 Å². The van der Waals surface area contributed by atoms with Gasteiger partial charge in [0.15, 0.2) is 11.6 Å². The van der Waals surface area contributed by atoms with Crippen molar-refractivity contribution in [1.29, 1.82) is 0 Å². The zero-order chi connectivity index (χ0) is 46.0. The fourth-order valence-corrected chi connectivity index (χ4v) is 8.07. The number of carbonyl (C=O) groups excluding carboxylic acids is 8. The average Bonchev–Trinajstić information content (AvgIpc) is 3.85. The van der Waals surface area contributed by atoms with Crippen LogP contribution in [0.2, 0.25) is 0 Å². The summed E-state index contributed by atoms with van der Waals surface area (Å²) in [6, 6.07) is 38.6. The monoisotopic (exact) mass is 867 g/mol. The molecule has 0 bridgehead atoms. The molecule has 316 valence electrons. The van der Waals surface area contributed by atoms with E-state index in [1.807, 2.05) is 0 Å². The van der Waals surface area contributed by atoms with Crippen molar-refractivity contribution in [3.8, 4) is 35.3 Å². The molecular formula is C53H29N3O10. The number of terminal acetylenes is 1. The highest BCUT2D eigenvalue weighted by atomic mass is 16.5. The van der Waals surface area contributed by atoms with Crippen LogP contribution in [0.15, 0.2) is 152 Å². The molecule has 3 heterocycles. The number of rotatable bonds is 10. The van der Waals surface area contributed by atoms with Crippen LogP contribution in [-0.2, 0) is 0 Å². The summed E-state index contributed by atoms with van der Waals surface area (Å²) in [5.74, 6) is -0.514. The molecule has 3 aliphatic rings. The first-order valence-electron chi connectivity index (χ1n) is 20.3. The number of carbonyl (C=O) groups is 8. The molecule has 0 radical (unpaired) electrons. The van der Waals surface area contributed by atoms with E-state index in [-0.39, 0.29) is 67.4 Å². The number of Topliss-reactive ketones (excluding diaryl/α,β-unsaturated/α-hetero) is 1. The highest BCUT2D eigenvalue weighted by molar-refractivity contribution is 6.37. The minimum Gasteiger partial charge on any atom is -0.457 e. The quantitative estimate of drug-likeness (QED) is 0.0736. The Morgan fingerprint density at radius 2 is 0.758 bits per heavy atom. The van der Waals surface area contributed by atoms with Gasteiger partial charge in [-0.2, -0.15) is 0 Å². The summed E-state index contributed by atoms with van der Waals surface area (Å²) < 4.78 is 12.2. The standard InChI is InChI=1S/C53H29N3O10/c1-3-30-8-4-9-34(22-30)54-48(59)42-20-17-32(24-45(42)52(54)63)47(58)33-18-21-43-46(25-33)53(64)56(50(43)61)36-11-6-13-38(27-36)66-40-15-7-14-39(28-40)65-37-12-5-10-35(26-37)55-49(60)41-19-16-31(29(2)57)23-44(41)51(55)62/h1,4-28H,2H3. The van der Waals surface area contributed by atoms with Crippen LogP contribution in [0.25, 0.3) is 0 Å². The summed E-state index contributed by atoms with van der Waals surface area (Å²) in [7, 11) is 0. The highest BCUT2D eigenvalue weighted by Crippen LogP contribution is 2.37. The molecule has 0 aliphatic carbocycles. The van der Waals surface area contributed by atoms with E-state index in [0.717, 1.165) is 14.7 Å². The second-order valence-corrected chi connectivity index (χ2v) is 15.4. The van der Waals surface area contributed by atoms with Gasteiger partial charge in [-0.3, -0.25) is 38.4 Å². The van der Waals surface area contributed by atoms with Crippen molar-refractivity contribution in [2.75, 3.05) is 14.7 Å². The molecule has 66 heavy (non-hydrogen) atoms. The van der Waals surface area contributed by atoms with Crippen LogP contribution in [-0.4, -0.2) is 47.0 Å². The Labute approximate surface area is 375 Å². The number of hydrogen-bond acceptors (Lipinski definition) is 10. The lowest BCUT2D eigenvalue weighted by atomic mass is 9.96. The smallest absolute Gasteiger partial charge is 0.266 e. The second-order valence-electron chi connectivity index (χ2n) is 15.4. The van der Waals surface area contributed by atoms with Crippen LogP contribution in [0.1, 0.15) is 101 Å². The van der Waals surface area contributed by atoms with E-state index in [4.69, 9.17) is 15.9 Å². The molecule has 0 atom stereocenters. The van der Waals surface area contributed by atoms with Crippen molar-refractivity contribution in [3.05, 3.63) is 207 Å². The molecule has 0 N–H and O–H groups in total. The molecule has 6 amide bonds. The third kappa shape index (κ3) is 6.78. The summed E-state index contributed by atoms with van der Waals surface area (Å²) in [4.78, 5) is 110. The van der Waals surface area contributed by atoms with Gasteiger partial charge in [-0.1, -0.05) is 48.4 Å². The van der Waals surface area contributed by atoms with Crippen molar-refractivity contribution >= 4 is 64.1 Å². The van der Waals surface area contributed by atoms with Gasteiger partial charge >= 0.3 is 0 Å². The van der Waals surface area contributed by atoms with Crippen LogP contribution >= 0.6 is 0 Å². The van der Waals surface area contributed by atoms with Crippen molar-refractivity contribution in [2.45, 2.75) is 6.92 Å². The minimum atomic E-state index is -0.666. The third-order valence-corrected chi connectivity index (χ3v) is 11.3. The maximum Gasteiger partial charge on any atom is 0.266 e. The first-order chi connectivity index (χ1) is 31.9. The summed E-state index contributed by atoms with van der Waals surface area (Å²) in [6.07, 6.45) is 5.51. The van der Waals surface area contributed by atoms with Crippen molar-refractivity contribution in [3.63, 3.8) is 0 Å². The molecule has 0 spiro atoms. The summed E-state index contributed by atoms with van der Waals surface area (Å²) >= 11 is 0. The number of fused-ring (bicyclic) bond motifs is 3. The molecular weight excluding hydrogens is 839 g/mol. The number of nitrogens with zero attached hydrogens (tertiary/aromatic N) is 3. The predicted molar refractivity (Wildman–Crippen MR) is 240 cm³/mol. The molecule has 0 aromatic heterocycles. The summed E-state index contributed by atoms with van der Waals surface area (Å²) in [5.41, 5.74) is 2.36. The average molecular weight is 868 g/mol. The van der Waals surface area contributed by atoms with Crippen LogP contribution in [0, 0.1) is 12.3 Å². The van der Waals surface area contributed by atoms with E-state index >= 15 is 0 Å². The summed E-state index contributed by atoms with van der Waals surface area (Å²) in [6.45, 7) is 1.38. The third-order valence-electron chi connectivity index (χ3n) is 11.3. The van der Waals surface area contributed by atoms with Gasteiger partial charge in [0.25, 0.3) is 35.4 Å². The highest BCUT2D eigenvalue weighted by Gasteiger charge is 2.40. The number of amides is 6. The van der Waals surface area contributed by atoms with E-state index in [1.54, 1.807) is 91.0 Å². The lowest BCUT2D eigenvalue weighted by Gasteiger charge is -2.16. The molecule has 0 unspecified atom stereocenters. The molecule has 10 rings (SSSR count). The SMILES string of the molecule is C#Cc1cccc(N2C(=O)c3ccc(C(=O)c4ccc5c(c4)C(=O)N(c4cccc(Oc6cccc(Oc7cccc(N8C(=O)c9ccc(C(C)=O)cc9C8=O)c7)c6)c4)C5=O)cc3C2=O)c1. The predicted octanol–water partition coefficient (Wildman–Crippen LogP) is 9.09. The number of ether oxygens (including phenoxy) is 2.